The highest BCUT2D eigenvalue weighted by molar-refractivity contribution is 5.70. The first kappa shape index (κ1) is 15.5. The predicted octanol–water partition coefficient (Wildman–Crippen LogP) is 4.08. The molecule has 1 aromatic heterocycles. The Bertz CT molecular complexity index is 686. The number of hydrogen-bond donors (Lipinski definition) is 0. The average molecular weight is 310 g/mol. The van der Waals surface area contributed by atoms with Crippen LogP contribution >= 0.6 is 0 Å². The lowest BCUT2D eigenvalue weighted by Crippen LogP contribution is -2.50. The van der Waals surface area contributed by atoms with Crippen molar-refractivity contribution in [2.45, 2.75) is 32.3 Å². The van der Waals surface area contributed by atoms with Gasteiger partial charge in [-0.3, -0.25) is 4.98 Å². The fourth-order valence-corrected chi connectivity index (χ4v) is 2.63. The standard InChI is InChI=1S/C19H22N2O2/c1-19(2,3)23-18(22)21-12-16(13-21)15-9-10-20-17(11-15)14-7-5-4-6-8-14/h4-11,16H,12-13H2,1-3H3. The number of hydrogen-bond acceptors (Lipinski definition) is 3. The van der Waals surface area contributed by atoms with Crippen molar-refractivity contribution in [1.29, 1.82) is 0 Å². The molecule has 2 aromatic rings. The number of carbonyl (C=O) groups excluding carboxylic acids is 1. The van der Waals surface area contributed by atoms with E-state index >= 15 is 0 Å². The Morgan fingerprint density at radius 1 is 1.17 bits per heavy atom. The molecule has 0 aliphatic carbocycles. The molecule has 1 aromatic carbocycles. The van der Waals surface area contributed by atoms with Gasteiger partial charge in [-0.15, -0.1) is 0 Å². The fourth-order valence-electron chi connectivity index (χ4n) is 2.63. The highest BCUT2D eigenvalue weighted by atomic mass is 16.6. The number of amides is 1. The number of nitrogens with zero attached hydrogens (tertiary/aromatic N) is 2. The van der Waals surface area contributed by atoms with E-state index in [1.54, 1.807) is 4.90 Å². The lowest BCUT2D eigenvalue weighted by molar-refractivity contribution is 0.00820. The number of likely N-dealkylation sites (tertiary alicyclic amines) is 1. The van der Waals surface area contributed by atoms with E-state index in [-0.39, 0.29) is 6.09 Å². The Hall–Kier alpha value is -2.36. The van der Waals surface area contributed by atoms with Gasteiger partial charge >= 0.3 is 6.09 Å². The molecule has 0 N–H and O–H groups in total. The van der Waals surface area contributed by atoms with Gasteiger partial charge in [0.15, 0.2) is 0 Å². The number of pyridine rings is 1. The van der Waals surface area contributed by atoms with Gasteiger partial charge in [-0.1, -0.05) is 30.3 Å². The molecule has 1 aliphatic rings. The van der Waals surface area contributed by atoms with E-state index in [4.69, 9.17) is 4.74 Å². The van der Waals surface area contributed by atoms with Crippen LogP contribution in [0.3, 0.4) is 0 Å². The van der Waals surface area contributed by atoms with Crippen LogP contribution < -0.4 is 0 Å². The van der Waals surface area contributed by atoms with Crippen LogP contribution in [-0.2, 0) is 4.74 Å². The maximum absolute atomic E-state index is 12.0. The third kappa shape index (κ3) is 3.70. The summed E-state index contributed by atoms with van der Waals surface area (Å²) in [5.74, 6) is 0.355. The van der Waals surface area contributed by atoms with E-state index in [9.17, 15) is 4.79 Å². The topological polar surface area (TPSA) is 42.4 Å². The average Bonchev–Trinajstić information content (AvgIpc) is 2.45. The van der Waals surface area contributed by atoms with Crippen molar-refractivity contribution >= 4 is 6.09 Å². The zero-order chi connectivity index (χ0) is 16.4. The zero-order valence-corrected chi connectivity index (χ0v) is 13.8. The first-order valence-corrected chi connectivity index (χ1v) is 7.92. The number of carbonyl (C=O) groups is 1. The van der Waals surface area contributed by atoms with Gasteiger partial charge in [-0.25, -0.2) is 4.79 Å². The Morgan fingerprint density at radius 2 is 1.87 bits per heavy atom. The molecule has 3 rings (SSSR count). The van der Waals surface area contributed by atoms with Gasteiger partial charge in [0.25, 0.3) is 0 Å². The number of aromatic nitrogens is 1. The molecule has 0 spiro atoms. The second-order valence-corrected chi connectivity index (χ2v) is 6.92. The molecule has 1 amide bonds. The van der Waals surface area contributed by atoms with Gasteiger partial charge in [0.05, 0.1) is 5.69 Å². The van der Waals surface area contributed by atoms with Crippen LogP contribution in [0.15, 0.2) is 48.7 Å². The molecule has 0 atom stereocenters. The first-order chi connectivity index (χ1) is 10.9. The number of benzene rings is 1. The third-order valence-corrected chi connectivity index (χ3v) is 3.86. The van der Waals surface area contributed by atoms with E-state index in [2.05, 4.69) is 23.2 Å². The summed E-state index contributed by atoms with van der Waals surface area (Å²) in [6.45, 7) is 7.06. The van der Waals surface area contributed by atoms with Crippen molar-refractivity contribution in [3.05, 3.63) is 54.2 Å². The Balaban J connectivity index is 1.65. The highest BCUT2D eigenvalue weighted by Gasteiger charge is 2.34. The van der Waals surface area contributed by atoms with Gasteiger partial charge in [0.1, 0.15) is 5.60 Å². The molecule has 0 radical (unpaired) electrons. The smallest absolute Gasteiger partial charge is 0.410 e. The molecule has 1 aliphatic heterocycles. The Labute approximate surface area is 137 Å². The van der Waals surface area contributed by atoms with E-state index in [1.807, 2.05) is 51.2 Å². The van der Waals surface area contributed by atoms with Crippen molar-refractivity contribution in [2.75, 3.05) is 13.1 Å². The maximum atomic E-state index is 12.0. The van der Waals surface area contributed by atoms with Gasteiger partial charge in [0.2, 0.25) is 0 Å². The van der Waals surface area contributed by atoms with Crippen LogP contribution in [0.1, 0.15) is 32.3 Å². The molecule has 2 heterocycles. The largest absolute Gasteiger partial charge is 0.444 e. The second-order valence-electron chi connectivity index (χ2n) is 6.92. The van der Waals surface area contributed by atoms with Crippen LogP contribution in [0, 0.1) is 0 Å². The van der Waals surface area contributed by atoms with Crippen LogP contribution in [0.5, 0.6) is 0 Å². The van der Waals surface area contributed by atoms with Crippen molar-refractivity contribution < 1.29 is 9.53 Å². The summed E-state index contributed by atoms with van der Waals surface area (Å²) >= 11 is 0. The van der Waals surface area contributed by atoms with Crippen molar-refractivity contribution in [3.63, 3.8) is 0 Å². The van der Waals surface area contributed by atoms with Crippen molar-refractivity contribution in [3.8, 4) is 11.3 Å². The summed E-state index contributed by atoms with van der Waals surface area (Å²) in [6, 6.07) is 14.3. The summed E-state index contributed by atoms with van der Waals surface area (Å²) < 4.78 is 5.39. The SMILES string of the molecule is CC(C)(C)OC(=O)N1CC(c2ccnc(-c3ccccc3)c2)C1. The molecule has 23 heavy (non-hydrogen) atoms. The van der Waals surface area contributed by atoms with E-state index < -0.39 is 5.60 Å². The van der Waals surface area contributed by atoms with Gasteiger partial charge in [-0.05, 0) is 38.5 Å². The lowest BCUT2D eigenvalue weighted by atomic mass is 9.91. The molecule has 0 unspecified atom stereocenters. The minimum Gasteiger partial charge on any atom is -0.444 e. The maximum Gasteiger partial charge on any atom is 0.410 e. The second kappa shape index (κ2) is 6.03. The molecule has 4 nitrogen and oxygen atoms in total. The fraction of sp³-hybridized carbons (Fsp3) is 0.368. The summed E-state index contributed by atoms with van der Waals surface area (Å²) in [5.41, 5.74) is 2.86. The van der Waals surface area contributed by atoms with E-state index in [0.717, 1.165) is 11.3 Å². The molecular weight excluding hydrogens is 288 g/mol. The third-order valence-electron chi connectivity index (χ3n) is 3.86. The minimum absolute atomic E-state index is 0.230. The number of ether oxygens (including phenoxy) is 1. The van der Waals surface area contributed by atoms with Crippen molar-refractivity contribution in [1.82, 2.24) is 9.88 Å². The lowest BCUT2D eigenvalue weighted by Gasteiger charge is -2.40. The minimum atomic E-state index is -0.445. The summed E-state index contributed by atoms with van der Waals surface area (Å²) in [7, 11) is 0. The normalized spacial score (nSPS) is 15.2. The molecule has 1 saturated heterocycles. The van der Waals surface area contributed by atoms with E-state index in [0.29, 0.717) is 19.0 Å². The molecule has 4 heteroatoms. The van der Waals surface area contributed by atoms with Crippen LogP contribution in [0.4, 0.5) is 4.79 Å². The summed E-state index contributed by atoms with van der Waals surface area (Å²) in [5, 5.41) is 0. The molecule has 1 fully saturated rings. The van der Waals surface area contributed by atoms with Gasteiger partial charge in [-0.2, -0.15) is 0 Å². The van der Waals surface area contributed by atoms with Gasteiger partial charge in [0, 0.05) is 30.8 Å². The quantitative estimate of drug-likeness (QED) is 0.839. The number of rotatable bonds is 2. The summed E-state index contributed by atoms with van der Waals surface area (Å²) in [4.78, 5) is 18.2. The van der Waals surface area contributed by atoms with E-state index in [1.165, 1.54) is 5.56 Å². The molecule has 0 bridgehead atoms. The zero-order valence-electron chi connectivity index (χ0n) is 13.8. The molecule has 120 valence electrons. The Morgan fingerprint density at radius 3 is 2.52 bits per heavy atom. The Kier molecular flexibility index (Phi) is 4.07. The van der Waals surface area contributed by atoms with Gasteiger partial charge < -0.3 is 9.64 Å². The van der Waals surface area contributed by atoms with Crippen molar-refractivity contribution in [2.24, 2.45) is 0 Å². The summed E-state index contributed by atoms with van der Waals surface area (Å²) in [6.07, 6.45) is 1.61. The molecule has 0 saturated carbocycles. The van der Waals surface area contributed by atoms with Crippen LogP contribution in [0.2, 0.25) is 0 Å². The highest BCUT2D eigenvalue weighted by Crippen LogP contribution is 2.30. The first-order valence-electron chi connectivity index (χ1n) is 7.92. The van der Waals surface area contributed by atoms with Crippen LogP contribution in [-0.4, -0.2) is 34.7 Å². The van der Waals surface area contributed by atoms with Crippen LogP contribution in [0.25, 0.3) is 11.3 Å². The molecular formula is C19H22N2O2. The predicted molar refractivity (Wildman–Crippen MR) is 90.2 cm³/mol. The monoisotopic (exact) mass is 310 g/mol.